The lowest BCUT2D eigenvalue weighted by Gasteiger charge is -2.13. The lowest BCUT2D eigenvalue weighted by atomic mass is 9.99. The Morgan fingerprint density at radius 2 is 1.88 bits per heavy atom. The lowest BCUT2D eigenvalue weighted by molar-refractivity contribution is -0.113. The molecule has 0 atom stereocenters. The van der Waals surface area contributed by atoms with E-state index in [1.807, 2.05) is 60.7 Å². The number of carbonyl (C=O) groups is 1. The van der Waals surface area contributed by atoms with Gasteiger partial charge in [0.25, 0.3) is 0 Å². The zero-order valence-corrected chi connectivity index (χ0v) is 18.8. The summed E-state index contributed by atoms with van der Waals surface area (Å²) in [6.45, 7) is 1.77. The number of aryl methyl sites for hydroxylation is 1. The number of hydrogen-bond acceptors (Lipinski definition) is 7. The molecule has 164 valence electrons. The average Bonchev–Trinajstić information content (AvgIpc) is 3.26. The van der Waals surface area contributed by atoms with Gasteiger partial charge in [-0.25, -0.2) is 4.98 Å². The number of nitriles is 1. The van der Waals surface area contributed by atoms with Crippen LogP contribution in [0.15, 0.2) is 76.3 Å². The van der Waals surface area contributed by atoms with Crippen LogP contribution in [0, 0.1) is 18.3 Å². The van der Waals surface area contributed by atoms with Crippen LogP contribution in [0.5, 0.6) is 5.75 Å². The number of ether oxygens (including phenoxy) is 1. The lowest BCUT2D eigenvalue weighted by Crippen LogP contribution is -2.14. The van der Waals surface area contributed by atoms with Crippen LogP contribution in [0.3, 0.4) is 0 Å². The molecule has 0 fully saturated rings. The highest BCUT2D eigenvalue weighted by molar-refractivity contribution is 8.00. The van der Waals surface area contributed by atoms with Crippen molar-refractivity contribution in [2.45, 2.75) is 11.9 Å². The Morgan fingerprint density at radius 3 is 2.52 bits per heavy atom. The molecule has 1 N–H and O–H groups in total. The Bertz CT molecular complexity index is 1310. The summed E-state index contributed by atoms with van der Waals surface area (Å²) in [6, 6.07) is 23.0. The number of carbonyl (C=O) groups excluding carboxylic acids is 1. The SMILES string of the molecule is COc1ccc(-c2cc(-c3ccccc3)nc(SCC(=O)Nc3cc(C)no3)c2C#N)cc1. The van der Waals surface area contributed by atoms with Gasteiger partial charge in [-0.15, -0.1) is 0 Å². The zero-order chi connectivity index (χ0) is 23.2. The van der Waals surface area contributed by atoms with E-state index in [1.165, 1.54) is 11.8 Å². The fourth-order valence-electron chi connectivity index (χ4n) is 3.22. The summed E-state index contributed by atoms with van der Waals surface area (Å²) in [5, 5.41) is 16.9. The summed E-state index contributed by atoms with van der Waals surface area (Å²) >= 11 is 1.20. The van der Waals surface area contributed by atoms with E-state index in [4.69, 9.17) is 14.2 Å². The van der Waals surface area contributed by atoms with E-state index in [9.17, 15) is 10.1 Å². The summed E-state index contributed by atoms with van der Waals surface area (Å²) in [5.41, 5.74) is 4.31. The quantitative estimate of drug-likeness (QED) is 0.375. The molecule has 2 aromatic heterocycles. The summed E-state index contributed by atoms with van der Waals surface area (Å²) in [7, 11) is 1.61. The molecule has 0 aliphatic carbocycles. The predicted octanol–water partition coefficient (Wildman–Crippen LogP) is 5.32. The first kappa shape index (κ1) is 22.1. The standard InChI is InChI=1S/C25H20N4O3S/c1-16-12-24(32-29-16)28-23(30)15-33-25-21(14-26)20(17-8-10-19(31-2)11-9-17)13-22(27-25)18-6-4-3-5-7-18/h3-13H,15H2,1-2H3,(H,28,30). The van der Waals surface area contributed by atoms with Crippen molar-refractivity contribution in [2.75, 3.05) is 18.2 Å². The Balaban J connectivity index is 1.69. The first-order chi connectivity index (χ1) is 16.1. The fraction of sp³-hybridized carbons (Fsp3) is 0.120. The van der Waals surface area contributed by atoms with Crippen molar-refractivity contribution in [1.82, 2.24) is 10.1 Å². The molecule has 0 saturated carbocycles. The molecule has 0 radical (unpaired) electrons. The van der Waals surface area contributed by atoms with Crippen LogP contribution in [0.2, 0.25) is 0 Å². The van der Waals surface area contributed by atoms with Gasteiger partial charge in [-0.3, -0.25) is 10.1 Å². The van der Waals surface area contributed by atoms with Gasteiger partial charge in [-0.2, -0.15) is 5.26 Å². The van der Waals surface area contributed by atoms with Gasteiger partial charge >= 0.3 is 0 Å². The molecule has 0 aliphatic rings. The number of nitrogens with zero attached hydrogens (tertiary/aromatic N) is 3. The number of pyridine rings is 1. The molecular weight excluding hydrogens is 436 g/mol. The highest BCUT2D eigenvalue weighted by Gasteiger charge is 2.17. The third-order valence-corrected chi connectivity index (χ3v) is 5.77. The van der Waals surface area contributed by atoms with Gasteiger partial charge in [0.05, 0.1) is 29.8 Å². The molecule has 0 aliphatic heterocycles. The maximum Gasteiger partial charge on any atom is 0.237 e. The number of nitrogens with one attached hydrogen (secondary N) is 1. The topological polar surface area (TPSA) is 101 Å². The van der Waals surface area contributed by atoms with E-state index in [-0.39, 0.29) is 17.5 Å². The molecule has 2 aromatic carbocycles. The van der Waals surface area contributed by atoms with E-state index < -0.39 is 0 Å². The molecule has 0 unspecified atom stereocenters. The zero-order valence-electron chi connectivity index (χ0n) is 18.0. The Kier molecular flexibility index (Phi) is 6.72. The van der Waals surface area contributed by atoms with E-state index in [1.54, 1.807) is 20.1 Å². The van der Waals surface area contributed by atoms with Gasteiger partial charge in [-0.1, -0.05) is 59.4 Å². The second kappa shape index (κ2) is 10.0. The monoisotopic (exact) mass is 456 g/mol. The van der Waals surface area contributed by atoms with Crippen molar-refractivity contribution in [2.24, 2.45) is 0 Å². The van der Waals surface area contributed by atoms with Gasteiger partial charge in [0.2, 0.25) is 11.8 Å². The van der Waals surface area contributed by atoms with Crippen LogP contribution in [-0.4, -0.2) is 28.9 Å². The number of methoxy groups -OCH3 is 1. The first-order valence-corrected chi connectivity index (χ1v) is 11.1. The maximum absolute atomic E-state index is 12.4. The molecule has 33 heavy (non-hydrogen) atoms. The Labute approximate surface area is 195 Å². The minimum atomic E-state index is -0.280. The highest BCUT2D eigenvalue weighted by atomic mass is 32.2. The number of anilines is 1. The van der Waals surface area contributed by atoms with E-state index in [0.29, 0.717) is 22.0 Å². The van der Waals surface area contributed by atoms with E-state index in [0.717, 1.165) is 22.4 Å². The number of benzene rings is 2. The van der Waals surface area contributed by atoms with Gasteiger partial charge in [0.15, 0.2) is 0 Å². The molecular formula is C25H20N4O3S. The van der Waals surface area contributed by atoms with Crippen molar-refractivity contribution in [3.63, 3.8) is 0 Å². The molecule has 0 spiro atoms. The smallest absolute Gasteiger partial charge is 0.237 e. The largest absolute Gasteiger partial charge is 0.497 e. The summed E-state index contributed by atoms with van der Waals surface area (Å²) in [4.78, 5) is 17.1. The normalized spacial score (nSPS) is 10.5. The number of aromatic nitrogens is 2. The van der Waals surface area contributed by atoms with Crippen LogP contribution in [-0.2, 0) is 4.79 Å². The third-order valence-electron chi connectivity index (χ3n) is 4.80. The molecule has 8 heteroatoms. The van der Waals surface area contributed by atoms with Crippen LogP contribution >= 0.6 is 11.8 Å². The van der Waals surface area contributed by atoms with Crippen LogP contribution < -0.4 is 10.1 Å². The van der Waals surface area contributed by atoms with E-state index in [2.05, 4.69) is 16.5 Å². The van der Waals surface area contributed by atoms with Crippen molar-refractivity contribution >= 4 is 23.6 Å². The number of amides is 1. The maximum atomic E-state index is 12.4. The summed E-state index contributed by atoms with van der Waals surface area (Å²) < 4.78 is 10.3. The van der Waals surface area contributed by atoms with Crippen LogP contribution in [0.25, 0.3) is 22.4 Å². The fourth-order valence-corrected chi connectivity index (χ4v) is 4.02. The second-order valence-electron chi connectivity index (χ2n) is 7.11. The van der Waals surface area contributed by atoms with Crippen LogP contribution in [0.4, 0.5) is 5.88 Å². The molecule has 0 saturated heterocycles. The van der Waals surface area contributed by atoms with Gasteiger partial charge < -0.3 is 9.26 Å². The molecule has 7 nitrogen and oxygen atoms in total. The molecule has 1 amide bonds. The highest BCUT2D eigenvalue weighted by Crippen LogP contribution is 2.34. The predicted molar refractivity (Wildman–Crippen MR) is 127 cm³/mol. The number of hydrogen-bond donors (Lipinski definition) is 1. The van der Waals surface area contributed by atoms with Crippen molar-refractivity contribution in [1.29, 1.82) is 5.26 Å². The minimum Gasteiger partial charge on any atom is -0.497 e. The first-order valence-electron chi connectivity index (χ1n) is 10.1. The third kappa shape index (κ3) is 5.22. The summed E-state index contributed by atoms with van der Waals surface area (Å²) in [5.74, 6) is 0.784. The Hall–Kier alpha value is -4.09. The average molecular weight is 457 g/mol. The minimum absolute atomic E-state index is 0.0573. The second-order valence-corrected chi connectivity index (χ2v) is 8.07. The van der Waals surface area contributed by atoms with Gasteiger partial charge in [0, 0.05) is 17.2 Å². The van der Waals surface area contributed by atoms with Crippen molar-refractivity contribution in [3.8, 4) is 34.2 Å². The molecule has 4 rings (SSSR count). The van der Waals surface area contributed by atoms with E-state index >= 15 is 0 Å². The number of thioether (sulfide) groups is 1. The Morgan fingerprint density at radius 1 is 1.12 bits per heavy atom. The van der Waals surface area contributed by atoms with Gasteiger partial charge in [0.1, 0.15) is 16.8 Å². The summed E-state index contributed by atoms with van der Waals surface area (Å²) in [6.07, 6.45) is 0. The molecule has 2 heterocycles. The van der Waals surface area contributed by atoms with Gasteiger partial charge in [-0.05, 0) is 30.7 Å². The molecule has 4 aromatic rings. The van der Waals surface area contributed by atoms with Crippen molar-refractivity contribution < 1.29 is 14.1 Å². The van der Waals surface area contributed by atoms with Crippen LogP contribution in [0.1, 0.15) is 11.3 Å². The number of rotatable bonds is 7. The van der Waals surface area contributed by atoms with Crippen molar-refractivity contribution in [3.05, 3.63) is 78.0 Å². The molecule has 0 bridgehead atoms.